The van der Waals surface area contributed by atoms with Crippen LogP contribution in [0.5, 0.6) is 0 Å². The van der Waals surface area contributed by atoms with Crippen molar-refractivity contribution in [1.82, 2.24) is 29.6 Å². The van der Waals surface area contributed by atoms with E-state index in [0.29, 0.717) is 16.1 Å². The Morgan fingerprint density at radius 2 is 2.04 bits per heavy atom. The molecule has 0 unspecified atom stereocenters. The monoisotopic (exact) mass is 384 g/mol. The number of hydrogen-bond acceptors (Lipinski definition) is 6. The summed E-state index contributed by atoms with van der Waals surface area (Å²) in [5.74, 6) is 0.612. The first-order chi connectivity index (χ1) is 10.8. The van der Waals surface area contributed by atoms with E-state index >= 15 is 0 Å². The van der Waals surface area contributed by atoms with Gasteiger partial charge in [0.05, 0.1) is 11.4 Å². The Kier molecular flexibility index (Phi) is 4.86. The van der Waals surface area contributed by atoms with Crippen molar-refractivity contribution >= 4 is 52.1 Å². The minimum absolute atomic E-state index is 0. The summed E-state index contributed by atoms with van der Waals surface area (Å²) in [5.41, 5.74) is 1.76. The van der Waals surface area contributed by atoms with E-state index in [1.165, 1.54) is 11.8 Å². The minimum Gasteiger partial charge on any atom is -0.281 e. The van der Waals surface area contributed by atoms with Gasteiger partial charge in [-0.1, -0.05) is 41.6 Å². The molecule has 0 bridgehead atoms. The van der Waals surface area contributed by atoms with Gasteiger partial charge in [0.15, 0.2) is 4.96 Å². The van der Waals surface area contributed by atoms with Crippen molar-refractivity contribution in [3.05, 3.63) is 52.8 Å². The van der Waals surface area contributed by atoms with Gasteiger partial charge in [0, 0.05) is 17.3 Å². The number of nitrogens with zero attached hydrogens (tertiary/aromatic N) is 6. The molecule has 0 atom stereocenters. The van der Waals surface area contributed by atoms with Crippen LogP contribution in [0.25, 0.3) is 10.6 Å². The van der Waals surface area contributed by atoms with E-state index in [9.17, 15) is 0 Å². The van der Waals surface area contributed by atoms with Crippen LogP contribution < -0.4 is 0 Å². The van der Waals surface area contributed by atoms with E-state index in [1.807, 2.05) is 46.3 Å². The number of tetrazole rings is 1. The largest absolute Gasteiger partial charge is 0.281 e. The number of imidazole rings is 1. The van der Waals surface area contributed by atoms with Crippen LogP contribution in [0.4, 0.5) is 0 Å². The third-order valence-electron chi connectivity index (χ3n) is 3.05. The molecule has 1 aromatic carbocycles. The van der Waals surface area contributed by atoms with E-state index < -0.39 is 0 Å². The first-order valence-corrected chi connectivity index (χ1v) is 8.64. The lowest BCUT2D eigenvalue weighted by molar-refractivity contribution is 0.756. The number of rotatable bonds is 4. The summed E-state index contributed by atoms with van der Waals surface area (Å²) in [5, 5.41) is 15.2. The van der Waals surface area contributed by atoms with Crippen LogP contribution >= 0.6 is 47.1 Å². The molecule has 6 nitrogen and oxygen atoms in total. The second-order valence-electron chi connectivity index (χ2n) is 4.40. The van der Waals surface area contributed by atoms with Gasteiger partial charge in [0.1, 0.15) is 5.15 Å². The van der Waals surface area contributed by atoms with Gasteiger partial charge in [0.25, 0.3) is 0 Å². The van der Waals surface area contributed by atoms with Crippen molar-refractivity contribution in [2.75, 3.05) is 0 Å². The Morgan fingerprint density at radius 3 is 2.83 bits per heavy atom. The highest BCUT2D eigenvalue weighted by Crippen LogP contribution is 2.28. The SMILES string of the molecule is Cl.Clc1c(CSc2nnnn2-c2ccccc2)nc2sccn12. The Bertz CT molecular complexity index is 917. The van der Waals surface area contributed by atoms with Crippen molar-refractivity contribution in [3.63, 3.8) is 0 Å². The van der Waals surface area contributed by atoms with Crippen LogP contribution in [0, 0.1) is 0 Å². The lowest BCUT2D eigenvalue weighted by Crippen LogP contribution is -1.98. The summed E-state index contributed by atoms with van der Waals surface area (Å²) < 4.78 is 3.58. The molecule has 4 aromatic rings. The Morgan fingerprint density at radius 1 is 1.22 bits per heavy atom. The first-order valence-electron chi connectivity index (χ1n) is 6.39. The predicted octanol–water partition coefficient (Wildman–Crippen LogP) is 3.74. The average Bonchev–Trinajstić information content (AvgIpc) is 3.25. The molecule has 3 heterocycles. The molecule has 118 valence electrons. The highest BCUT2D eigenvalue weighted by molar-refractivity contribution is 7.98. The molecule has 0 aliphatic heterocycles. The van der Waals surface area contributed by atoms with Crippen LogP contribution in [-0.4, -0.2) is 29.6 Å². The smallest absolute Gasteiger partial charge is 0.214 e. The third-order valence-corrected chi connectivity index (χ3v) is 5.14. The summed E-state index contributed by atoms with van der Waals surface area (Å²) in [7, 11) is 0. The van der Waals surface area contributed by atoms with E-state index in [4.69, 9.17) is 11.6 Å². The molecule has 0 aliphatic rings. The van der Waals surface area contributed by atoms with Crippen LogP contribution in [0.2, 0.25) is 5.15 Å². The predicted molar refractivity (Wildman–Crippen MR) is 94.0 cm³/mol. The normalized spacial score (nSPS) is 10.8. The zero-order chi connectivity index (χ0) is 14.9. The minimum atomic E-state index is 0. The van der Waals surface area contributed by atoms with Gasteiger partial charge in [-0.15, -0.1) is 28.8 Å². The zero-order valence-electron chi connectivity index (χ0n) is 11.5. The molecular formula is C13H10Cl2N6S2. The molecule has 0 amide bonds. The van der Waals surface area contributed by atoms with Crippen LogP contribution in [0.3, 0.4) is 0 Å². The molecule has 0 saturated heterocycles. The van der Waals surface area contributed by atoms with Crippen molar-refractivity contribution < 1.29 is 0 Å². The summed E-state index contributed by atoms with van der Waals surface area (Å²) >= 11 is 9.39. The van der Waals surface area contributed by atoms with Gasteiger partial charge in [-0.3, -0.25) is 4.40 Å². The van der Waals surface area contributed by atoms with E-state index in [1.54, 1.807) is 16.0 Å². The molecule has 0 radical (unpaired) electrons. The number of para-hydroxylation sites is 1. The van der Waals surface area contributed by atoms with Crippen LogP contribution in [0.1, 0.15) is 5.69 Å². The number of fused-ring (bicyclic) bond motifs is 1. The molecule has 0 aliphatic carbocycles. The number of thiazole rings is 1. The van der Waals surface area contributed by atoms with Crippen LogP contribution in [-0.2, 0) is 5.75 Å². The standard InChI is InChI=1S/C13H9ClN6S2.ClH/c14-11-10(15-12-19(11)6-7-21-12)8-22-13-16-17-18-20(13)9-4-2-1-3-5-9;/h1-7H,8H2;1H. The van der Waals surface area contributed by atoms with Gasteiger partial charge in [-0.25, -0.2) is 4.98 Å². The molecule has 23 heavy (non-hydrogen) atoms. The summed E-state index contributed by atoms with van der Waals surface area (Å²) in [6.45, 7) is 0. The second kappa shape index (κ2) is 6.88. The lowest BCUT2D eigenvalue weighted by Gasteiger charge is -2.03. The fourth-order valence-electron chi connectivity index (χ4n) is 2.03. The van der Waals surface area contributed by atoms with Gasteiger partial charge in [0.2, 0.25) is 5.16 Å². The molecule has 0 saturated carbocycles. The number of benzene rings is 1. The maximum atomic E-state index is 6.33. The molecule has 0 fully saturated rings. The highest BCUT2D eigenvalue weighted by atomic mass is 35.5. The quantitative estimate of drug-likeness (QED) is 0.501. The summed E-state index contributed by atoms with van der Waals surface area (Å²) in [6, 6.07) is 9.77. The van der Waals surface area contributed by atoms with E-state index in [0.717, 1.165) is 16.3 Å². The fraction of sp³-hybridized carbons (Fsp3) is 0.0769. The summed E-state index contributed by atoms with van der Waals surface area (Å²) in [6.07, 6.45) is 1.91. The van der Waals surface area contributed by atoms with Crippen molar-refractivity contribution in [3.8, 4) is 5.69 Å². The average molecular weight is 385 g/mol. The molecule has 0 spiro atoms. The van der Waals surface area contributed by atoms with E-state index in [-0.39, 0.29) is 12.4 Å². The topological polar surface area (TPSA) is 60.9 Å². The first kappa shape index (κ1) is 16.3. The number of hydrogen-bond donors (Lipinski definition) is 0. The third kappa shape index (κ3) is 3.07. The Hall–Kier alpha value is -1.61. The molecule has 3 aromatic heterocycles. The van der Waals surface area contributed by atoms with Gasteiger partial charge >= 0.3 is 0 Å². The number of thioether (sulfide) groups is 1. The maximum Gasteiger partial charge on any atom is 0.214 e. The van der Waals surface area contributed by atoms with Crippen molar-refractivity contribution in [2.45, 2.75) is 10.9 Å². The second-order valence-corrected chi connectivity index (χ2v) is 6.58. The molecule has 10 heteroatoms. The van der Waals surface area contributed by atoms with Crippen molar-refractivity contribution in [2.24, 2.45) is 0 Å². The van der Waals surface area contributed by atoms with Gasteiger partial charge < -0.3 is 0 Å². The van der Waals surface area contributed by atoms with Gasteiger partial charge in [-0.2, -0.15) is 4.68 Å². The highest BCUT2D eigenvalue weighted by Gasteiger charge is 2.14. The molecular weight excluding hydrogens is 375 g/mol. The Labute approximate surface area is 150 Å². The number of halogens is 2. The number of aromatic nitrogens is 6. The molecule has 0 N–H and O–H groups in total. The summed E-state index contributed by atoms with van der Waals surface area (Å²) in [4.78, 5) is 5.42. The van der Waals surface area contributed by atoms with Crippen molar-refractivity contribution in [1.29, 1.82) is 0 Å². The van der Waals surface area contributed by atoms with E-state index in [2.05, 4.69) is 20.5 Å². The molecule has 4 rings (SSSR count). The lowest BCUT2D eigenvalue weighted by atomic mass is 10.3. The fourth-order valence-corrected chi connectivity index (χ4v) is 3.96. The maximum absolute atomic E-state index is 6.33. The van der Waals surface area contributed by atoms with Crippen LogP contribution in [0.15, 0.2) is 47.1 Å². The Balaban J connectivity index is 0.00000156. The zero-order valence-corrected chi connectivity index (χ0v) is 14.7. The van der Waals surface area contributed by atoms with Gasteiger partial charge in [-0.05, 0) is 22.6 Å².